The summed E-state index contributed by atoms with van der Waals surface area (Å²) in [5.41, 5.74) is 5.38. The summed E-state index contributed by atoms with van der Waals surface area (Å²) in [4.78, 5) is 36.6. The quantitative estimate of drug-likeness (QED) is 0.261. The van der Waals surface area contributed by atoms with Crippen LogP contribution in [0.2, 0.25) is 0 Å². The average molecular weight is 503 g/mol. The number of benzene rings is 1. The fourth-order valence-electron chi connectivity index (χ4n) is 3.20. The predicted octanol–water partition coefficient (Wildman–Crippen LogP) is 0.579. The zero-order valence-electron chi connectivity index (χ0n) is 18.7. The third-order valence-electron chi connectivity index (χ3n) is 5.02. The van der Waals surface area contributed by atoms with E-state index in [0.717, 1.165) is 18.9 Å². The summed E-state index contributed by atoms with van der Waals surface area (Å²) in [6.45, 7) is 0.475. The van der Waals surface area contributed by atoms with Gasteiger partial charge >= 0.3 is 5.97 Å². The number of nitrogens with two attached hydrogens (primary N) is 1. The van der Waals surface area contributed by atoms with E-state index in [0.29, 0.717) is 24.4 Å². The fourth-order valence-corrected chi connectivity index (χ4v) is 4.41. The summed E-state index contributed by atoms with van der Waals surface area (Å²) >= 11 is 0. The maximum Gasteiger partial charge on any atom is 0.323 e. The Labute approximate surface area is 201 Å². The predicted molar refractivity (Wildman–Crippen MR) is 128 cm³/mol. The molecule has 186 valence electrons. The van der Waals surface area contributed by atoms with Gasteiger partial charge in [0.2, 0.25) is 10.0 Å². The number of nitrogens with zero attached hydrogens (tertiary/aromatic N) is 1. The van der Waals surface area contributed by atoms with Crippen LogP contribution in [0.5, 0.6) is 5.75 Å². The van der Waals surface area contributed by atoms with Crippen molar-refractivity contribution in [2.75, 3.05) is 19.7 Å². The molecular weight excluding hydrogens is 476 g/mol. The van der Waals surface area contributed by atoms with Gasteiger partial charge in [0.05, 0.1) is 17.0 Å². The number of amides is 1. The van der Waals surface area contributed by atoms with Crippen LogP contribution in [0.4, 0.5) is 0 Å². The second-order valence-corrected chi connectivity index (χ2v) is 9.33. The van der Waals surface area contributed by atoms with Gasteiger partial charge in [0.1, 0.15) is 11.8 Å². The van der Waals surface area contributed by atoms with E-state index in [1.807, 2.05) is 0 Å². The summed E-state index contributed by atoms with van der Waals surface area (Å²) in [6.07, 6.45) is 3.11. The Hall–Kier alpha value is -3.74. The van der Waals surface area contributed by atoms with Crippen molar-refractivity contribution in [1.29, 1.82) is 0 Å². The lowest BCUT2D eigenvalue weighted by Crippen LogP contribution is -2.48. The van der Waals surface area contributed by atoms with Crippen molar-refractivity contribution in [1.82, 2.24) is 14.4 Å². The summed E-state index contributed by atoms with van der Waals surface area (Å²) in [7, 11) is -4.13. The minimum atomic E-state index is -4.13. The number of rotatable bonds is 12. The van der Waals surface area contributed by atoms with Crippen molar-refractivity contribution < 1.29 is 27.9 Å². The van der Waals surface area contributed by atoms with E-state index in [-0.39, 0.29) is 10.5 Å². The first-order valence-corrected chi connectivity index (χ1v) is 12.3. The molecule has 12 heteroatoms. The SMILES string of the molecule is NCCCCOc1ccn2c(=O)cc(C(=O)NCC(NS(=O)(=O)c3ccccc3)C(=O)O)cc2c1. The number of carboxylic acids is 1. The van der Waals surface area contributed by atoms with Crippen molar-refractivity contribution in [2.24, 2.45) is 5.73 Å². The van der Waals surface area contributed by atoms with E-state index in [1.54, 1.807) is 18.2 Å². The number of aliphatic carboxylic acids is 1. The molecule has 11 nitrogen and oxygen atoms in total. The van der Waals surface area contributed by atoms with Gasteiger partial charge in [-0.15, -0.1) is 0 Å². The number of carboxylic acid groups (broad SMARTS) is 1. The molecule has 0 saturated heterocycles. The molecular formula is C23H26N4O7S. The standard InChI is InChI=1S/C23H26N4O7S/c24-9-4-5-11-34-18-8-10-27-17(14-18)12-16(13-21(27)28)22(29)25-15-20(23(30)31)26-35(32,33)19-6-2-1-3-7-19/h1-3,6-8,10,12-14,20,26H,4-5,9,11,15,24H2,(H,25,29)(H,30,31). The van der Waals surface area contributed by atoms with Gasteiger partial charge in [-0.05, 0) is 43.7 Å². The smallest absolute Gasteiger partial charge is 0.323 e. The van der Waals surface area contributed by atoms with Crippen molar-refractivity contribution >= 4 is 27.4 Å². The van der Waals surface area contributed by atoms with E-state index >= 15 is 0 Å². The summed E-state index contributed by atoms with van der Waals surface area (Å²) in [5, 5.41) is 11.8. The molecule has 2 aromatic heterocycles. The molecule has 3 aromatic rings. The lowest BCUT2D eigenvalue weighted by Gasteiger charge is -2.16. The van der Waals surface area contributed by atoms with Gasteiger partial charge in [-0.2, -0.15) is 4.72 Å². The largest absolute Gasteiger partial charge is 0.493 e. The van der Waals surface area contributed by atoms with Gasteiger partial charge in [0, 0.05) is 30.4 Å². The number of fused-ring (bicyclic) bond motifs is 1. The maximum atomic E-state index is 12.7. The van der Waals surface area contributed by atoms with E-state index in [4.69, 9.17) is 10.5 Å². The third-order valence-corrected chi connectivity index (χ3v) is 6.51. The lowest BCUT2D eigenvalue weighted by molar-refractivity contribution is -0.138. The maximum absolute atomic E-state index is 12.7. The Morgan fingerprint density at radius 3 is 2.51 bits per heavy atom. The van der Waals surface area contributed by atoms with Crippen LogP contribution < -0.4 is 26.1 Å². The van der Waals surface area contributed by atoms with Crippen molar-refractivity contribution in [2.45, 2.75) is 23.8 Å². The van der Waals surface area contributed by atoms with Crippen LogP contribution in [0.1, 0.15) is 23.2 Å². The Morgan fingerprint density at radius 2 is 1.83 bits per heavy atom. The first-order chi connectivity index (χ1) is 16.7. The van der Waals surface area contributed by atoms with Crippen LogP contribution in [0.25, 0.3) is 5.52 Å². The molecule has 5 N–H and O–H groups in total. The van der Waals surface area contributed by atoms with Crippen LogP contribution in [-0.2, 0) is 14.8 Å². The van der Waals surface area contributed by atoms with Crippen LogP contribution in [-0.4, -0.2) is 55.5 Å². The van der Waals surface area contributed by atoms with Crippen molar-refractivity contribution in [3.8, 4) is 5.75 Å². The third kappa shape index (κ3) is 6.88. The van der Waals surface area contributed by atoms with Gasteiger partial charge in [-0.25, -0.2) is 8.42 Å². The number of ether oxygens (including phenoxy) is 1. The van der Waals surface area contributed by atoms with Crippen LogP contribution >= 0.6 is 0 Å². The Balaban J connectivity index is 1.72. The molecule has 0 aliphatic rings. The highest BCUT2D eigenvalue weighted by atomic mass is 32.2. The Morgan fingerprint density at radius 1 is 1.09 bits per heavy atom. The molecule has 0 aliphatic heterocycles. The number of sulfonamides is 1. The minimum absolute atomic E-state index is 0.00895. The Kier molecular flexibility index (Phi) is 8.58. The van der Waals surface area contributed by atoms with Gasteiger partial charge in [-0.1, -0.05) is 18.2 Å². The second kappa shape index (κ2) is 11.6. The number of carbonyl (C=O) groups excluding carboxylic acids is 1. The van der Waals surface area contributed by atoms with E-state index in [1.165, 1.54) is 40.9 Å². The lowest BCUT2D eigenvalue weighted by atomic mass is 10.2. The molecule has 0 spiro atoms. The molecule has 0 saturated carbocycles. The molecule has 0 radical (unpaired) electrons. The molecule has 1 amide bonds. The highest BCUT2D eigenvalue weighted by Gasteiger charge is 2.26. The monoisotopic (exact) mass is 502 g/mol. The van der Waals surface area contributed by atoms with Crippen molar-refractivity contribution in [3.05, 3.63) is 76.7 Å². The van der Waals surface area contributed by atoms with Crippen LogP contribution in [0, 0.1) is 0 Å². The van der Waals surface area contributed by atoms with Gasteiger partial charge in [0.15, 0.2) is 0 Å². The van der Waals surface area contributed by atoms with E-state index < -0.39 is 40.0 Å². The molecule has 1 atom stereocenters. The van der Waals surface area contributed by atoms with E-state index in [2.05, 4.69) is 10.0 Å². The van der Waals surface area contributed by atoms with E-state index in [9.17, 15) is 27.9 Å². The first kappa shape index (κ1) is 25.9. The fraction of sp³-hybridized carbons (Fsp3) is 0.261. The van der Waals surface area contributed by atoms with Crippen LogP contribution in [0.3, 0.4) is 0 Å². The molecule has 0 fully saturated rings. The number of unbranched alkanes of at least 4 members (excludes halogenated alkanes) is 1. The highest BCUT2D eigenvalue weighted by molar-refractivity contribution is 7.89. The van der Waals surface area contributed by atoms with Gasteiger partial charge in [-0.3, -0.25) is 18.8 Å². The number of hydrogen-bond donors (Lipinski definition) is 4. The number of aromatic nitrogens is 1. The Bertz CT molecular complexity index is 1360. The molecule has 0 aliphatic carbocycles. The molecule has 1 unspecified atom stereocenters. The summed E-state index contributed by atoms with van der Waals surface area (Å²) in [5.74, 6) is -1.69. The molecule has 2 heterocycles. The van der Waals surface area contributed by atoms with Gasteiger partial charge in [0.25, 0.3) is 11.5 Å². The molecule has 35 heavy (non-hydrogen) atoms. The number of pyridine rings is 2. The molecule has 3 rings (SSSR count). The number of carbonyl (C=O) groups is 2. The van der Waals surface area contributed by atoms with Gasteiger partial charge < -0.3 is 20.9 Å². The minimum Gasteiger partial charge on any atom is -0.493 e. The second-order valence-electron chi connectivity index (χ2n) is 7.62. The number of hydrogen-bond acceptors (Lipinski definition) is 7. The zero-order valence-corrected chi connectivity index (χ0v) is 19.5. The highest BCUT2D eigenvalue weighted by Crippen LogP contribution is 2.15. The zero-order chi connectivity index (χ0) is 25.4. The van der Waals surface area contributed by atoms with Crippen LogP contribution in [0.15, 0.2) is 70.5 Å². The molecule has 1 aromatic carbocycles. The summed E-state index contributed by atoms with van der Waals surface area (Å²) in [6, 6.07) is 11.4. The number of nitrogens with one attached hydrogen (secondary N) is 2. The topological polar surface area (TPSA) is 169 Å². The summed E-state index contributed by atoms with van der Waals surface area (Å²) < 4.78 is 33.9. The average Bonchev–Trinajstić information content (AvgIpc) is 2.84. The first-order valence-electron chi connectivity index (χ1n) is 10.8. The normalized spacial score (nSPS) is 12.3. The van der Waals surface area contributed by atoms with Crippen molar-refractivity contribution in [3.63, 3.8) is 0 Å². The molecule has 0 bridgehead atoms.